The summed E-state index contributed by atoms with van der Waals surface area (Å²) in [6, 6.07) is 4.59. The molecule has 1 aromatic rings. The van der Waals surface area contributed by atoms with Crippen LogP contribution in [0.3, 0.4) is 0 Å². The summed E-state index contributed by atoms with van der Waals surface area (Å²) in [5.41, 5.74) is 6.79. The molecule has 2 N–H and O–H groups in total. The van der Waals surface area contributed by atoms with Gasteiger partial charge < -0.3 is 5.73 Å². The number of nitrogens with two attached hydrogens (primary N) is 1. The second kappa shape index (κ2) is 5.36. The van der Waals surface area contributed by atoms with E-state index in [1.807, 2.05) is 0 Å². The number of benzene rings is 1. The van der Waals surface area contributed by atoms with E-state index in [9.17, 15) is 4.39 Å². The average molecular weight is 256 g/mol. The molecule has 1 aromatic carbocycles. The predicted molar refractivity (Wildman–Crippen MR) is 69.5 cm³/mol. The van der Waals surface area contributed by atoms with Gasteiger partial charge in [-0.1, -0.05) is 37.4 Å². The second-order valence-corrected chi connectivity index (χ2v) is 5.65. The molecule has 17 heavy (non-hydrogen) atoms. The summed E-state index contributed by atoms with van der Waals surface area (Å²) in [6.45, 7) is 2.27. The Morgan fingerprint density at radius 1 is 1.29 bits per heavy atom. The van der Waals surface area contributed by atoms with E-state index in [1.165, 1.54) is 18.9 Å². The Hall–Kier alpha value is -0.600. The fourth-order valence-electron chi connectivity index (χ4n) is 2.67. The molecule has 1 aliphatic rings. The van der Waals surface area contributed by atoms with E-state index >= 15 is 0 Å². The van der Waals surface area contributed by atoms with Gasteiger partial charge in [0.05, 0.1) is 0 Å². The van der Waals surface area contributed by atoms with E-state index in [2.05, 4.69) is 6.92 Å². The van der Waals surface area contributed by atoms with Crippen LogP contribution in [0.2, 0.25) is 5.02 Å². The van der Waals surface area contributed by atoms with Crippen molar-refractivity contribution in [3.63, 3.8) is 0 Å². The minimum Gasteiger partial charge on any atom is -0.324 e. The highest BCUT2D eigenvalue weighted by Crippen LogP contribution is 2.36. The highest BCUT2D eigenvalue weighted by atomic mass is 35.5. The van der Waals surface area contributed by atoms with Crippen molar-refractivity contribution in [3.05, 3.63) is 34.6 Å². The third-order valence-corrected chi connectivity index (χ3v) is 4.13. The molecule has 1 unspecified atom stereocenters. The number of hydrogen-bond donors (Lipinski definition) is 1. The zero-order chi connectivity index (χ0) is 12.4. The third kappa shape index (κ3) is 2.99. The molecular weight excluding hydrogens is 237 g/mol. The minimum absolute atomic E-state index is 0.195. The van der Waals surface area contributed by atoms with Gasteiger partial charge in [0, 0.05) is 16.6 Å². The van der Waals surface area contributed by atoms with Crippen LogP contribution in [0.5, 0.6) is 0 Å². The van der Waals surface area contributed by atoms with Crippen molar-refractivity contribution in [2.45, 2.75) is 38.6 Å². The summed E-state index contributed by atoms with van der Waals surface area (Å²) in [5.74, 6) is 0.916. The van der Waals surface area contributed by atoms with E-state index in [4.69, 9.17) is 17.3 Å². The summed E-state index contributed by atoms with van der Waals surface area (Å²) >= 11 is 5.75. The fourth-order valence-corrected chi connectivity index (χ4v) is 2.83. The first kappa shape index (κ1) is 12.8. The lowest BCUT2D eigenvalue weighted by Gasteiger charge is -2.31. The molecule has 0 heterocycles. The summed E-state index contributed by atoms with van der Waals surface area (Å²) in [5, 5.41) is 0.427. The smallest absolute Gasteiger partial charge is 0.129 e. The van der Waals surface area contributed by atoms with Crippen LogP contribution in [0, 0.1) is 17.7 Å². The highest BCUT2D eigenvalue weighted by Gasteiger charge is 2.26. The molecule has 0 radical (unpaired) electrons. The van der Waals surface area contributed by atoms with Crippen molar-refractivity contribution in [3.8, 4) is 0 Å². The van der Waals surface area contributed by atoms with Gasteiger partial charge in [-0.2, -0.15) is 0 Å². The molecule has 1 fully saturated rings. The van der Waals surface area contributed by atoms with Gasteiger partial charge in [-0.3, -0.25) is 0 Å². The van der Waals surface area contributed by atoms with E-state index in [0.29, 0.717) is 16.5 Å². The molecule has 0 aliphatic heterocycles. The third-order valence-electron chi connectivity index (χ3n) is 3.89. The van der Waals surface area contributed by atoms with Crippen LogP contribution in [0.4, 0.5) is 4.39 Å². The molecule has 0 saturated heterocycles. The zero-order valence-corrected chi connectivity index (χ0v) is 10.9. The summed E-state index contributed by atoms with van der Waals surface area (Å²) in [6.07, 6.45) is 4.61. The minimum atomic E-state index is -0.274. The molecule has 1 atom stereocenters. The Morgan fingerprint density at radius 2 is 1.94 bits per heavy atom. The lowest BCUT2D eigenvalue weighted by molar-refractivity contribution is 0.253. The van der Waals surface area contributed by atoms with E-state index in [0.717, 1.165) is 18.8 Å². The monoisotopic (exact) mass is 255 g/mol. The molecular formula is C14H19ClFN. The van der Waals surface area contributed by atoms with Gasteiger partial charge in [0.2, 0.25) is 0 Å². The Balaban J connectivity index is 2.11. The van der Waals surface area contributed by atoms with Crippen LogP contribution < -0.4 is 5.73 Å². The van der Waals surface area contributed by atoms with Gasteiger partial charge >= 0.3 is 0 Å². The van der Waals surface area contributed by atoms with Crippen LogP contribution >= 0.6 is 11.6 Å². The molecule has 0 spiro atoms. The van der Waals surface area contributed by atoms with Crippen LogP contribution in [-0.4, -0.2) is 0 Å². The van der Waals surface area contributed by atoms with Crippen molar-refractivity contribution >= 4 is 11.6 Å². The van der Waals surface area contributed by atoms with Gasteiger partial charge in [0.25, 0.3) is 0 Å². The molecule has 0 amide bonds. The van der Waals surface area contributed by atoms with Crippen molar-refractivity contribution in [1.29, 1.82) is 0 Å². The highest BCUT2D eigenvalue weighted by molar-refractivity contribution is 6.30. The van der Waals surface area contributed by atoms with Crippen molar-refractivity contribution < 1.29 is 4.39 Å². The molecule has 1 aliphatic carbocycles. The molecule has 0 bridgehead atoms. The SMILES string of the molecule is CC1CCC(C(N)c2ccc(Cl)cc2F)CC1. The van der Waals surface area contributed by atoms with Crippen molar-refractivity contribution in [2.24, 2.45) is 17.6 Å². The van der Waals surface area contributed by atoms with Gasteiger partial charge in [0.15, 0.2) is 0 Å². The Morgan fingerprint density at radius 3 is 2.53 bits per heavy atom. The first-order valence-electron chi connectivity index (χ1n) is 6.28. The molecule has 94 valence electrons. The molecule has 1 saturated carbocycles. The lowest BCUT2D eigenvalue weighted by Crippen LogP contribution is -2.26. The largest absolute Gasteiger partial charge is 0.324 e. The second-order valence-electron chi connectivity index (χ2n) is 5.21. The molecule has 1 nitrogen and oxygen atoms in total. The number of rotatable bonds is 2. The van der Waals surface area contributed by atoms with Crippen LogP contribution in [0.1, 0.15) is 44.2 Å². The molecule has 3 heteroatoms. The van der Waals surface area contributed by atoms with Crippen molar-refractivity contribution in [1.82, 2.24) is 0 Å². The average Bonchev–Trinajstić information content (AvgIpc) is 2.29. The standard InChI is InChI=1S/C14H19ClFN/c1-9-2-4-10(5-3-9)14(17)12-7-6-11(15)8-13(12)16/h6-10,14H,2-5,17H2,1H3. The Kier molecular flexibility index (Phi) is 4.05. The van der Waals surface area contributed by atoms with E-state index < -0.39 is 0 Å². The summed E-state index contributed by atoms with van der Waals surface area (Å²) in [4.78, 5) is 0. The molecule has 2 rings (SSSR count). The van der Waals surface area contributed by atoms with Crippen LogP contribution in [-0.2, 0) is 0 Å². The normalized spacial score (nSPS) is 26.8. The maximum atomic E-state index is 13.8. The summed E-state index contributed by atoms with van der Waals surface area (Å²) < 4.78 is 13.8. The predicted octanol–water partition coefficient (Wildman–Crippen LogP) is 4.31. The fraction of sp³-hybridized carbons (Fsp3) is 0.571. The topological polar surface area (TPSA) is 26.0 Å². The maximum absolute atomic E-state index is 13.8. The Labute approximate surface area is 107 Å². The number of hydrogen-bond acceptors (Lipinski definition) is 1. The Bertz CT molecular complexity index is 386. The van der Waals surface area contributed by atoms with Gasteiger partial charge in [0.1, 0.15) is 5.82 Å². The quantitative estimate of drug-likeness (QED) is 0.838. The van der Waals surface area contributed by atoms with Gasteiger partial charge in [-0.05, 0) is 36.8 Å². The first-order chi connectivity index (χ1) is 8.08. The lowest BCUT2D eigenvalue weighted by atomic mass is 9.77. The summed E-state index contributed by atoms with van der Waals surface area (Å²) in [7, 11) is 0. The van der Waals surface area contributed by atoms with Crippen molar-refractivity contribution in [2.75, 3.05) is 0 Å². The first-order valence-corrected chi connectivity index (χ1v) is 6.66. The van der Waals surface area contributed by atoms with Gasteiger partial charge in [-0.15, -0.1) is 0 Å². The maximum Gasteiger partial charge on any atom is 0.129 e. The zero-order valence-electron chi connectivity index (χ0n) is 10.1. The van der Waals surface area contributed by atoms with Gasteiger partial charge in [-0.25, -0.2) is 4.39 Å². The van der Waals surface area contributed by atoms with Crippen LogP contribution in [0.15, 0.2) is 18.2 Å². The molecule has 0 aromatic heterocycles. The van der Waals surface area contributed by atoms with E-state index in [1.54, 1.807) is 12.1 Å². The number of halogens is 2. The van der Waals surface area contributed by atoms with Crippen LogP contribution in [0.25, 0.3) is 0 Å². The van der Waals surface area contributed by atoms with E-state index in [-0.39, 0.29) is 11.9 Å².